The largest absolute Gasteiger partial charge is 0.348 e. The van der Waals surface area contributed by atoms with Gasteiger partial charge in [0, 0.05) is 24.9 Å². The van der Waals surface area contributed by atoms with Crippen LogP contribution in [0, 0.1) is 17.2 Å². The summed E-state index contributed by atoms with van der Waals surface area (Å²) in [5.74, 6) is 0.277. The first kappa shape index (κ1) is 24.0. The molecule has 5 rings (SSSR count). The van der Waals surface area contributed by atoms with Crippen LogP contribution in [0.1, 0.15) is 44.1 Å². The number of amides is 1. The molecule has 1 aliphatic carbocycles. The molecule has 1 N–H and O–H groups in total. The number of aromatic nitrogens is 3. The first-order valence-corrected chi connectivity index (χ1v) is 12.4. The van der Waals surface area contributed by atoms with E-state index in [-0.39, 0.29) is 17.5 Å². The first-order chi connectivity index (χ1) is 17.2. The molecule has 2 aromatic carbocycles. The number of likely N-dealkylation sites (tertiary alicyclic amines) is 1. The molecule has 0 saturated carbocycles. The van der Waals surface area contributed by atoms with Crippen molar-refractivity contribution in [2.75, 3.05) is 13.1 Å². The van der Waals surface area contributed by atoms with Crippen LogP contribution in [-0.2, 0) is 17.6 Å². The molecule has 36 heavy (non-hydrogen) atoms. The van der Waals surface area contributed by atoms with Gasteiger partial charge in [0.25, 0.3) is 0 Å². The first-order valence-electron chi connectivity index (χ1n) is 12.4. The van der Waals surface area contributed by atoms with Gasteiger partial charge in [-0.1, -0.05) is 69.3 Å². The minimum atomic E-state index is -0.483. The van der Waals surface area contributed by atoms with Crippen LogP contribution >= 0.6 is 0 Å². The molecule has 1 atom stereocenters. The third-order valence-corrected chi connectivity index (χ3v) is 6.95. The fraction of sp³-hybridized carbons (Fsp3) is 0.345. The highest BCUT2D eigenvalue weighted by molar-refractivity contribution is 5.81. The molecule has 3 aromatic rings. The molecule has 1 aromatic heterocycles. The molecule has 0 spiro atoms. The Hall–Kier alpha value is -3.74. The van der Waals surface area contributed by atoms with Gasteiger partial charge in [-0.2, -0.15) is 5.10 Å². The molecule has 0 radical (unpaired) electrons. The topological polar surface area (TPSA) is 71.0 Å². The number of rotatable bonds is 4. The molecular weight excluding hydrogens is 455 g/mol. The van der Waals surface area contributed by atoms with Gasteiger partial charge in [0.15, 0.2) is 0 Å². The summed E-state index contributed by atoms with van der Waals surface area (Å²) in [7, 11) is 0. The average Bonchev–Trinajstić information content (AvgIpc) is 3.36. The van der Waals surface area contributed by atoms with Crippen LogP contribution in [0.25, 0.3) is 22.9 Å². The molecule has 2 heterocycles. The Bertz CT molecular complexity index is 1420. The van der Waals surface area contributed by atoms with Crippen molar-refractivity contribution in [1.29, 1.82) is 0 Å². The normalized spacial score (nSPS) is 17.3. The van der Waals surface area contributed by atoms with E-state index in [9.17, 15) is 9.59 Å². The van der Waals surface area contributed by atoms with E-state index in [0.717, 1.165) is 29.5 Å². The van der Waals surface area contributed by atoms with Crippen LogP contribution in [0.2, 0.25) is 0 Å². The summed E-state index contributed by atoms with van der Waals surface area (Å²) >= 11 is 0. The van der Waals surface area contributed by atoms with Crippen molar-refractivity contribution in [3.63, 3.8) is 0 Å². The van der Waals surface area contributed by atoms with Gasteiger partial charge in [-0.25, -0.2) is 18.9 Å². The number of benzene rings is 2. The van der Waals surface area contributed by atoms with Gasteiger partial charge in [-0.15, -0.1) is 0 Å². The SMILES string of the molecule is CC(C)(C)C(=O)N1CCC(Cc2n[nH]c(=O)n2-c2ccc(-c3ccc4c(c3)CC=CC=C4)cc2F)C1. The number of fused-ring (bicyclic) bond motifs is 1. The van der Waals surface area contributed by atoms with Gasteiger partial charge in [-0.3, -0.25) is 4.79 Å². The second-order valence-electron chi connectivity index (χ2n) is 10.7. The predicted octanol–water partition coefficient (Wildman–Crippen LogP) is 4.93. The lowest BCUT2D eigenvalue weighted by atomic mass is 9.95. The van der Waals surface area contributed by atoms with E-state index in [1.54, 1.807) is 6.07 Å². The highest BCUT2D eigenvalue weighted by Crippen LogP contribution is 2.29. The third kappa shape index (κ3) is 4.70. The lowest BCUT2D eigenvalue weighted by Gasteiger charge is -2.25. The molecule has 6 nitrogen and oxygen atoms in total. The summed E-state index contributed by atoms with van der Waals surface area (Å²) in [6.07, 6.45) is 10.4. The molecule has 1 aliphatic heterocycles. The number of carbonyl (C=O) groups is 1. The van der Waals surface area contributed by atoms with Crippen LogP contribution in [0.4, 0.5) is 4.39 Å². The zero-order valence-corrected chi connectivity index (χ0v) is 20.9. The number of carbonyl (C=O) groups excluding carboxylic acids is 1. The molecule has 1 fully saturated rings. The molecule has 2 aliphatic rings. The smallest absolute Gasteiger partial charge is 0.342 e. The Morgan fingerprint density at radius 1 is 1.14 bits per heavy atom. The van der Waals surface area contributed by atoms with Crippen LogP contribution in [-0.4, -0.2) is 38.7 Å². The summed E-state index contributed by atoms with van der Waals surface area (Å²) < 4.78 is 16.7. The summed E-state index contributed by atoms with van der Waals surface area (Å²) in [6.45, 7) is 7.05. The van der Waals surface area contributed by atoms with Crippen LogP contribution in [0.5, 0.6) is 0 Å². The van der Waals surface area contributed by atoms with Gasteiger partial charge >= 0.3 is 5.69 Å². The molecule has 7 heteroatoms. The highest BCUT2D eigenvalue weighted by atomic mass is 19.1. The molecule has 1 saturated heterocycles. The van der Waals surface area contributed by atoms with Crippen molar-refractivity contribution >= 4 is 12.0 Å². The number of nitrogens with one attached hydrogen (secondary N) is 1. The molecular formula is C29H31FN4O2. The molecule has 0 bridgehead atoms. The van der Waals surface area contributed by atoms with Gasteiger partial charge in [-0.05, 0) is 53.1 Å². The van der Waals surface area contributed by atoms with Gasteiger partial charge in [0.1, 0.15) is 11.6 Å². The summed E-state index contributed by atoms with van der Waals surface area (Å²) in [6, 6.07) is 11.1. The fourth-order valence-corrected chi connectivity index (χ4v) is 5.06. The van der Waals surface area contributed by atoms with E-state index >= 15 is 4.39 Å². The third-order valence-electron chi connectivity index (χ3n) is 6.95. The Balaban J connectivity index is 1.38. The van der Waals surface area contributed by atoms with Crippen LogP contribution < -0.4 is 5.69 Å². The highest BCUT2D eigenvalue weighted by Gasteiger charge is 2.33. The summed E-state index contributed by atoms with van der Waals surface area (Å²) in [5, 5.41) is 6.67. The van der Waals surface area contributed by atoms with Gasteiger partial charge in [0.05, 0.1) is 5.69 Å². The molecule has 1 unspecified atom stereocenters. The van der Waals surface area contributed by atoms with E-state index in [2.05, 4.69) is 28.4 Å². The number of aromatic amines is 1. The van der Waals surface area contributed by atoms with Crippen LogP contribution in [0.3, 0.4) is 0 Å². The molecule has 186 valence electrons. The lowest BCUT2D eigenvalue weighted by molar-refractivity contribution is -0.138. The molecule has 1 amide bonds. The standard InChI is InChI=1S/C29H31FN4O2/c1-29(2,3)27(35)33-14-13-19(18-33)15-26-31-32-28(36)34(26)25-12-11-23(17-24(25)30)22-10-9-20-7-5-4-6-8-21(20)16-22/h4-7,9-12,16-17,19H,8,13-15,18H2,1-3H3,(H,32,36). The maximum absolute atomic E-state index is 15.4. The number of halogens is 1. The van der Waals surface area contributed by atoms with Crippen molar-refractivity contribution in [1.82, 2.24) is 19.7 Å². The lowest BCUT2D eigenvalue weighted by Crippen LogP contribution is -2.38. The quantitative estimate of drug-likeness (QED) is 0.569. The van der Waals surface area contributed by atoms with E-state index in [1.807, 2.05) is 56.0 Å². The zero-order chi connectivity index (χ0) is 25.4. The number of hydrogen-bond acceptors (Lipinski definition) is 3. The minimum Gasteiger partial charge on any atom is -0.342 e. The van der Waals surface area contributed by atoms with Crippen molar-refractivity contribution in [2.24, 2.45) is 11.3 Å². The van der Waals surface area contributed by atoms with Crippen molar-refractivity contribution in [2.45, 2.75) is 40.0 Å². The van der Waals surface area contributed by atoms with Crippen molar-refractivity contribution in [3.05, 3.63) is 87.9 Å². The van der Waals surface area contributed by atoms with E-state index in [1.165, 1.54) is 16.2 Å². The number of allylic oxidation sites excluding steroid dienone is 3. The second-order valence-corrected chi connectivity index (χ2v) is 10.7. The number of H-pyrrole nitrogens is 1. The maximum Gasteiger partial charge on any atom is 0.348 e. The fourth-order valence-electron chi connectivity index (χ4n) is 5.06. The summed E-state index contributed by atoms with van der Waals surface area (Å²) in [5.41, 5.74) is 3.29. The second kappa shape index (κ2) is 9.37. The average molecular weight is 487 g/mol. The Labute approximate surface area is 210 Å². The van der Waals surface area contributed by atoms with Crippen LogP contribution in [0.15, 0.2) is 59.4 Å². The Morgan fingerprint density at radius 3 is 2.69 bits per heavy atom. The minimum absolute atomic E-state index is 0.121. The van der Waals surface area contributed by atoms with Crippen molar-refractivity contribution < 1.29 is 9.18 Å². The Morgan fingerprint density at radius 2 is 1.92 bits per heavy atom. The summed E-state index contributed by atoms with van der Waals surface area (Å²) in [4.78, 5) is 27.1. The predicted molar refractivity (Wildman–Crippen MR) is 139 cm³/mol. The van der Waals surface area contributed by atoms with Gasteiger partial charge < -0.3 is 4.90 Å². The van der Waals surface area contributed by atoms with Crippen molar-refractivity contribution in [3.8, 4) is 16.8 Å². The Kier molecular flexibility index (Phi) is 6.24. The number of hydrogen-bond donors (Lipinski definition) is 1. The zero-order valence-electron chi connectivity index (χ0n) is 20.9. The van der Waals surface area contributed by atoms with E-state index in [0.29, 0.717) is 25.3 Å². The van der Waals surface area contributed by atoms with Gasteiger partial charge in [0.2, 0.25) is 5.91 Å². The number of nitrogens with zero attached hydrogens (tertiary/aromatic N) is 3. The van der Waals surface area contributed by atoms with E-state index in [4.69, 9.17) is 0 Å². The maximum atomic E-state index is 15.4. The monoisotopic (exact) mass is 486 g/mol. The van der Waals surface area contributed by atoms with E-state index < -0.39 is 16.9 Å².